The third kappa shape index (κ3) is 5.58. The Balaban J connectivity index is 2.70. The first-order chi connectivity index (χ1) is 8.70. The molecule has 1 heterocycles. The van der Waals surface area contributed by atoms with Gasteiger partial charge in [-0.3, -0.25) is 0 Å². The summed E-state index contributed by atoms with van der Waals surface area (Å²) in [7, 11) is 0. The Morgan fingerprint density at radius 2 is 2.00 bits per heavy atom. The van der Waals surface area contributed by atoms with E-state index >= 15 is 0 Å². The van der Waals surface area contributed by atoms with Gasteiger partial charge in [-0.05, 0) is 6.07 Å². The van der Waals surface area contributed by atoms with E-state index in [-0.39, 0.29) is 10.3 Å². The van der Waals surface area contributed by atoms with E-state index in [0.29, 0.717) is 11.1 Å². The Labute approximate surface area is 120 Å². The molecule has 1 unspecified atom stereocenters. The second-order valence-electron chi connectivity index (χ2n) is 4.50. The molecule has 0 aromatic carbocycles. The van der Waals surface area contributed by atoms with Crippen LogP contribution in [0.2, 0.25) is 5.02 Å². The topological polar surface area (TPSA) is 24.9 Å². The van der Waals surface area contributed by atoms with Gasteiger partial charge < -0.3 is 5.32 Å². The van der Waals surface area contributed by atoms with Gasteiger partial charge in [-0.1, -0.05) is 32.4 Å². The summed E-state index contributed by atoms with van der Waals surface area (Å²) in [6.45, 7) is 6.76. The van der Waals surface area contributed by atoms with E-state index in [9.17, 15) is 13.2 Å². The van der Waals surface area contributed by atoms with Crippen LogP contribution in [0.1, 0.15) is 26.3 Å². The van der Waals surface area contributed by atoms with Crippen LogP contribution in [-0.2, 0) is 6.18 Å². The molecule has 0 spiro atoms. The highest BCUT2D eigenvalue weighted by Gasteiger charge is 2.31. The highest BCUT2D eigenvalue weighted by molar-refractivity contribution is 8.00. The lowest BCUT2D eigenvalue weighted by Crippen LogP contribution is -2.29. The number of aromatic nitrogens is 1. The molecule has 0 aliphatic rings. The summed E-state index contributed by atoms with van der Waals surface area (Å²) in [6.07, 6.45) is -3.60. The number of nitrogens with one attached hydrogen (secondary N) is 1. The summed E-state index contributed by atoms with van der Waals surface area (Å²) in [5.41, 5.74) is -0.824. The molecule has 1 atom stereocenters. The van der Waals surface area contributed by atoms with Crippen LogP contribution in [0.3, 0.4) is 0 Å². The van der Waals surface area contributed by atoms with Gasteiger partial charge >= 0.3 is 6.18 Å². The van der Waals surface area contributed by atoms with Crippen LogP contribution in [0.15, 0.2) is 17.3 Å². The molecule has 108 valence electrons. The quantitative estimate of drug-likeness (QED) is 0.824. The predicted molar refractivity (Wildman–Crippen MR) is 72.7 cm³/mol. The summed E-state index contributed by atoms with van der Waals surface area (Å²) in [4.78, 5) is 3.80. The average molecular weight is 313 g/mol. The minimum absolute atomic E-state index is 0.0382. The van der Waals surface area contributed by atoms with E-state index in [1.807, 2.05) is 20.8 Å². The van der Waals surface area contributed by atoms with Crippen molar-refractivity contribution in [3.05, 3.63) is 22.8 Å². The third-order valence-corrected chi connectivity index (χ3v) is 3.78. The molecule has 0 aliphatic carbocycles. The molecule has 0 fully saturated rings. The SMILES string of the molecule is CC(C)NCC(C)Sc1ncc(C(F)(F)F)cc1Cl. The lowest BCUT2D eigenvalue weighted by Gasteiger charge is -2.15. The van der Waals surface area contributed by atoms with Gasteiger partial charge in [-0.2, -0.15) is 13.2 Å². The van der Waals surface area contributed by atoms with Crippen molar-refractivity contribution in [3.8, 4) is 0 Å². The average Bonchev–Trinajstić information content (AvgIpc) is 2.27. The molecule has 0 amide bonds. The zero-order valence-corrected chi connectivity index (χ0v) is 12.5. The van der Waals surface area contributed by atoms with E-state index in [4.69, 9.17) is 11.6 Å². The molecule has 1 N–H and O–H groups in total. The second kappa shape index (κ2) is 6.81. The Hall–Kier alpha value is -0.460. The summed E-state index contributed by atoms with van der Waals surface area (Å²) in [5, 5.41) is 3.88. The molecule has 0 saturated carbocycles. The zero-order chi connectivity index (χ0) is 14.6. The first-order valence-corrected chi connectivity index (χ1v) is 7.08. The lowest BCUT2D eigenvalue weighted by molar-refractivity contribution is -0.137. The van der Waals surface area contributed by atoms with E-state index in [0.717, 1.165) is 18.8 Å². The fraction of sp³-hybridized carbons (Fsp3) is 0.583. The van der Waals surface area contributed by atoms with Gasteiger partial charge in [-0.15, -0.1) is 11.8 Å². The zero-order valence-electron chi connectivity index (χ0n) is 10.9. The fourth-order valence-corrected chi connectivity index (χ4v) is 2.45. The maximum absolute atomic E-state index is 12.5. The third-order valence-electron chi connectivity index (χ3n) is 2.26. The van der Waals surface area contributed by atoms with E-state index < -0.39 is 11.7 Å². The van der Waals surface area contributed by atoms with Gasteiger partial charge in [0.05, 0.1) is 10.6 Å². The maximum Gasteiger partial charge on any atom is 0.417 e. The minimum Gasteiger partial charge on any atom is -0.313 e. The van der Waals surface area contributed by atoms with Crippen molar-refractivity contribution < 1.29 is 13.2 Å². The number of hydrogen-bond acceptors (Lipinski definition) is 3. The van der Waals surface area contributed by atoms with Crippen molar-refractivity contribution in [2.75, 3.05) is 6.54 Å². The summed E-state index contributed by atoms with van der Waals surface area (Å²) in [5.74, 6) is 0. The Morgan fingerprint density at radius 3 is 2.47 bits per heavy atom. The smallest absolute Gasteiger partial charge is 0.313 e. The van der Waals surface area contributed by atoms with Crippen LogP contribution < -0.4 is 5.32 Å². The van der Waals surface area contributed by atoms with Crippen LogP contribution in [-0.4, -0.2) is 22.8 Å². The molecule has 0 radical (unpaired) electrons. The van der Waals surface area contributed by atoms with Crippen LogP contribution in [0, 0.1) is 0 Å². The molecule has 2 nitrogen and oxygen atoms in total. The van der Waals surface area contributed by atoms with Crippen LogP contribution in [0.5, 0.6) is 0 Å². The van der Waals surface area contributed by atoms with Gasteiger partial charge in [-0.25, -0.2) is 4.98 Å². The van der Waals surface area contributed by atoms with E-state index in [1.54, 1.807) is 0 Å². The Bertz CT molecular complexity index is 424. The van der Waals surface area contributed by atoms with Gasteiger partial charge in [0.25, 0.3) is 0 Å². The largest absolute Gasteiger partial charge is 0.417 e. The van der Waals surface area contributed by atoms with Crippen LogP contribution in [0.25, 0.3) is 0 Å². The molecule has 1 aromatic rings. The van der Waals surface area contributed by atoms with Crippen molar-refractivity contribution >= 4 is 23.4 Å². The standard InChI is InChI=1S/C12H16ClF3N2S/c1-7(2)17-5-8(3)19-11-10(13)4-9(6-18-11)12(14,15)16/h4,6-8,17H,5H2,1-3H3. The molecule has 19 heavy (non-hydrogen) atoms. The number of nitrogens with zero attached hydrogens (tertiary/aromatic N) is 1. The van der Waals surface area contributed by atoms with Crippen molar-refractivity contribution in [3.63, 3.8) is 0 Å². The lowest BCUT2D eigenvalue weighted by atomic mass is 10.3. The number of halogens is 4. The van der Waals surface area contributed by atoms with Crippen LogP contribution in [0.4, 0.5) is 13.2 Å². The van der Waals surface area contributed by atoms with Gasteiger partial charge in [0.15, 0.2) is 0 Å². The highest BCUT2D eigenvalue weighted by Crippen LogP contribution is 2.34. The summed E-state index contributed by atoms with van der Waals surface area (Å²) < 4.78 is 37.4. The number of alkyl halides is 3. The monoisotopic (exact) mass is 312 g/mol. The first-order valence-electron chi connectivity index (χ1n) is 5.83. The van der Waals surface area contributed by atoms with E-state index in [1.165, 1.54) is 11.8 Å². The first kappa shape index (κ1) is 16.6. The second-order valence-corrected chi connectivity index (χ2v) is 6.33. The van der Waals surface area contributed by atoms with Crippen molar-refractivity contribution in [1.29, 1.82) is 0 Å². The maximum atomic E-state index is 12.5. The number of hydrogen-bond donors (Lipinski definition) is 1. The molecule has 7 heteroatoms. The summed E-state index contributed by atoms with van der Waals surface area (Å²) >= 11 is 7.20. The van der Waals surface area contributed by atoms with Gasteiger partial charge in [0.1, 0.15) is 5.03 Å². The van der Waals surface area contributed by atoms with Crippen LogP contribution >= 0.6 is 23.4 Å². The number of rotatable bonds is 5. The predicted octanol–water partition coefficient (Wildman–Crippen LogP) is 4.23. The van der Waals surface area contributed by atoms with Crippen molar-refractivity contribution in [1.82, 2.24) is 10.3 Å². The molecule has 1 rings (SSSR count). The minimum atomic E-state index is -4.41. The molecular weight excluding hydrogens is 297 g/mol. The van der Waals surface area contributed by atoms with Crippen molar-refractivity contribution in [2.45, 2.75) is 43.3 Å². The normalized spacial score (nSPS) is 13.9. The molecule has 0 saturated heterocycles. The van der Waals surface area contributed by atoms with Crippen molar-refractivity contribution in [2.24, 2.45) is 0 Å². The number of thioether (sulfide) groups is 1. The Morgan fingerprint density at radius 1 is 1.37 bits per heavy atom. The number of pyridine rings is 1. The Kier molecular flexibility index (Phi) is 5.95. The molecule has 1 aromatic heterocycles. The molecule has 0 aliphatic heterocycles. The van der Waals surface area contributed by atoms with E-state index in [2.05, 4.69) is 10.3 Å². The molecule has 0 bridgehead atoms. The van der Waals surface area contributed by atoms with Gasteiger partial charge in [0, 0.05) is 24.0 Å². The molecular formula is C12H16ClF3N2S. The van der Waals surface area contributed by atoms with Gasteiger partial charge in [0.2, 0.25) is 0 Å². The summed E-state index contributed by atoms with van der Waals surface area (Å²) in [6, 6.07) is 1.28. The highest BCUT2D eigenvalue weighted by atomic mass is 35.5. The fourth-order valence-electron chi connectivity index (χ4n) is 1.30.